The molecule has 0 fully saturated rings. The summed E-state index contributed by atoms with van der Waals surface area (Å²) in [6, 6.07) is 8.94. The summed E-state index contributed by atoms with van der Waals surface area (Å²) in [6.07, 6.45) is 0. The Hall–Kier alpha value is -1.95. The molecule has 0 aliphatic carbocycles. The molecule has 2 aromatic rings. The Kier molecular flexibility index (Phi) is 3.88. The van der Waals surface area contributed by atoms with Gasteiger partial charge in [-0.2, -0.15) is 5.10 Å². The lowest BCUT2D eigenvalue weighted by molar-refractivity contribution is 0.0526. The maximum absolute atomic E-state index is 11.6. The standard InChI is InChI=1S/C12H13N3O2S/c1-2-17-12(16)8-4-3-5-9(6-8)18-11-7-10(13)14-15-11/h3-7H,2H2,1H3,(H3,13,14,15). The van der Waals surface area contributed by atoms with Gasteiger partial charge in [0.1, 0.15) is 10.8 Å². The number of esters is 1. The molecule has 2 rings (SSSR count). The first-order valence-electron chi connectivity index (χ1n) is 5.45. The number of nitrogens with zero attached hydrogens (tertiary/aromatic N) is 1. The Bertz CT molecular complexity index is 554. The van der Waals surface area contributed by atoms with Gasteiger partial charge < -0.3 is 10.5 Å². The molecular formula is C12H13N3O2S. The van der Waals surface area contributed by atoms with E-state index >= 15 is 0 Å². The predicted molar refractivity (Wildman–Crippen MR) is 69.5 cm³/mol. The summed E-state index contributed by atoms with van der Waals surface area (Å²) in [5.74, 6) is 0.195. The number of aromatic amines is 1. The maximum Gasteiger partial charge on any atom is 0.338 e. The summed E-state index contributed by atoms with van der Waals surface area (Å²) in [7, 11) is 0. The number of nitrogens with one attached hydrogen (secondary N) is 1. The minimum Gasteiger partial charge on any atom is -0.462 e. The first-order valence-corrected chi connectivity index (χ1v) is 6.26. The smallest absolute Gasteiger partial charge is 0.338 e. The summed E-state index contributed by atoms with van der Waals surface area (Å²) in [5, 5.41) is 7.44. The highest BCUT2D eigenvalue weighted by Gasteiger charge is 2.08. The lowest BCUT2D eigenvalue weighted by Gasteiger charge is -2.03. The van der Waals surface area contributed by atoms with Gasteiger partial charge >= 0.3 is 5.97 Å². The molecule has 0 radical (unpaired) electrons. The zero-order valence-electron chi connectivity index (χ0n) is 9.84. The van der Waals surface area contributed by atoms with Crippen LogP contribution in [0.15, 0.2) is 40.3 Å². The van der Waals surface area contributed by atoms with Crippen molar-refractivity contribution in [2.45, 2.75) is 16.8 Å². The van der Waals surface area contributed by atoms with Crippen LogP contribution < -0.4 is 5.73 Å². The zero-order chi connectivity index (χ0) is 13.0. The third-order valence-electron chi connectivity index (χ3n) is 2.14. The number of carbonyl (C=O) groups excluding carboxylic acids is 1. The van der Waals surface area contributed by atoms with Gasteiger partial charge in [-0.1, -0.05) is 17.8 Å². The van der Waals surface area contributed by atoms with Crippen LogP contribution in [0.2, 0.25) is 0 Å². The monoisotopic (exact) mass is 263 g/mol. The molecule has 3 N–H and O–H groups in total. The molecule has 0 spiro atoms. The summed E-state index contributed by atoms with van der Waals surface area (Å²) in [6.45, 7) is 2.15. The molecule has 1 aromatic heterocycles. The van der Waals surface area contributed by atoms with E-state index < -0.39 is 0 Å². The molecule has 0 aliphatic rings. The second kappa shape index (κ2) is 5.59. The van der Waals surface area contributed by atoms with Crippen LogP contribution in [0.5, 0.6) is 0 Å². The normalized spacial score (nSPS) is 10.3. The molecule has 6 heteroatoms. The Labute approximate surface area is 109 Å². The minimum absolute atomic E-state index is 0.318. The molecule has 0 saturated heterocycles. The van der Waals surface area contributed by atoms with Gasteiger partial charge in [0.05, 0.1) is 12.2 Å². The van der Waals surface area contributed by atoms with E-state index in [1.165, 1.54) is 11.8 Å². The van der Waals surface area contributed by atoms with Gasteiger partial charge in [0, 0.05) is 11.0 Å². The quantitative estimate of drug-likeness (QED) is 0.827. The minimum atomic E-state index is -0.318. The molecule has 0 saturated carbocycles. The van der Waals surface area contributed by atoms with Crippen molar-refractivity contribution in [3.63, 3.8) is 0 Å². The van der Waals surface area contributed by atoms with Crippen molar-refractivity contribution in [2.75, 3.05) is 12.3 Å². The number of hydrogen-bond acceptors (Lipinski definition) is 5. The van der Waals surface area contributed by atoms with Crippen molar-refractivity contribution in [3.05, 3.63) is 35.9 Å². The largest absolute Gasteiger partial charge is 0.462 e. The topological polar surface area (TPSA) is 81.0 Å². The highest BCUT2D eigenvalue weighted by molar-refractivity contribution is 7.99. The van der Waals surface area contributed by atoms with E-state index in [-0.39, 0.29) is 5.97 Å². The van der Waals surface area contributed by atoms with E-state index in [4.69, 9.17) is 10.5 Å². The second-order valence-corrected chi connectivity index (χ2v) is 4.61. The number of benzene rings is 1. The van der Waals surface area contributed by atoms with Crippen molar-refractivity contribution in [3.8, 4) is 0 Å². The number of anilines is 1. The summed E-state index contributed by atoms with van der Waals surface area (Å²) in [5.41, 5.74) is 6.08. The third kappa shape index (κ3) is 3.04. The number of nitrogens with two attached hydrogens (primary N) is 1. The van der Waals surface area contributed by atoms with Crippen LogP contribution in [0.4, 0.5) is 5.82 Å². The number of hydrogen-bond donors (Lipinski definition) is 2. The van der Waals surface area contributed by atoms with Crippen molar-refractivity contribution in [1.82, 2.24) is 10.2 Å². The van der Waals surface area contributed by atoms with Crippen molar-refractivity contribution >= 4 is 23.5 Å². The highest BCUT2D eigenvalue weighted by Crippen LogP contribution is 2.27. The molecule has 0 amide bonds. The fourth-order valence-electron chi connectivity index (χ4n) is 1.39. The van der Waals surface area contributed by atoms with Crippen molar-refractivity contribution in [2.24, 2.45) is 0 Å². The van der Waals surface area contributed by atoms with E-state index in [0.29, 0.717) is 18.0 Å². The number of ether oxygens (including phenoxy) is 1. The lowest BCUT2D eigenvalue weighted by atomic mass is 10.2. The molecule has 1 heterocycles. The highest BCUT2D eigenvalue weighted by atomic mass is 32.2. The van der Waals surface area contributed by atoms with Gasteiger partial charge in [-0.3, -0.25) is 5.10 Å². The van der Waals surface area contributed by atoms with Crippen LogP contribution in [0.25, 0.3) is 0 Å². The Balaban J connectivity index is 2.14. The van der Waals surface area contributed by atoms with E-state index in [9.17, 15) is 4.79 Å². The number of H-pyrrole nitrogens is 1. The van der Waals surface area contributed by atoms with Crippen molar-refractivity contribution < 1.29 is 9.53 Å². The number of aromatic nitrogens is 2. The van der Waals surface area contributed by atoms with Crippen LogP contribution in [0.3, 0.4) is 0 Å². The van der Waals surface area contributed by atoms with E-state index in [2.05, 4.69) is 10.2 Å². The lowest BCUT2D eigenvalue weighted by Crippen LogP contribution is -2.04. The summed E-state index contributed by atoms with van der Waals surface area (Å²) >= 11 is 1.43. The Morgan fingerprint density at radius 2 is 2.33 bits per heavy atom. The fraction of sp³-hybridized carbons (Fsp3) is 0.167. The fourth-order valence-corrected chi connectivity index (χ4v) is 2.24. The predicted octanol–water partition coefficient (Wildman–Crippen LogP) is 2.32. The Morgan fingerprint density at radius 1 is 1.50 bits per heavy atom. The third-order valence-corrected chi connectivity index (χ3v) is 3.05. The average Bonchev–Trinajstić information content (AvgIpc) is 2.75. The summed E-state index contributed by atoms with van der Waals surface area (Å²) in [4.78, 5) is 12.5. The number of carbonyl (C=O) groups is 1. The van der Waals surface area contributed by atoms with Crippen LogP contribution in [0, 0.1) is 0 Å². The number of rotatable bonds is 4. The van der Waals surface area contributed by atoms with E-state index in [1.54, 1.807) is 25.1 Å². The SMILES string of the molecule is CCOC(=O)c1cccc(Sc2cc(N)[nH]n2)c1. The molecule has 0 unspecified atom stereocenters. The van der Waals surface area contributed by atoms with Gasteiger partial charge in [-0.05, 0) is 25.1 Å². The zero-order valence-corrected chi connectivity index (χ0v) is 10.7. The van der Waals surface area contributed by atoms with Gasteiger partial charge in [-0.15, -0.1) is 0 Å². The van der Waals surface area contributed by atoms with Gasteiger partial charge in [0.2, 0.25) is 0 Å². The van der Waals surface area contributed by atoms with Gasteiger partial charge in [0.25, 0.3) is 0 Å². The van der Waals surface area contributed by atoms with Gasteiger partial charge in [-0.25, -0.2) is 4.79 Å². The molecule has 1 aromatic carbocycles. The molecule has 0 bridgehead atoms. The van der Waals surface area contributed by atoms with Gasteiger partial charge in [0.15, 0.2) is 0 Å². The van der Waals surface area contributed by atoms with Crippen LogP contribution in [-0.4, -0.2) is 22.8 Å². The number of nitrogen functional groups attached to an aromatic ring is 1. The van der Waals surface area contributed by atoms with Crippen LogP contribution in [0.1, 0.15) is 17.3 Å². The summed E-state index contributed by atoms with van der Waals surface area (Å²) < 4.78 is 4.95. The molecular weight excluding hydrogens is 250 g/mol. The Morgan fingerprint density at radius 3 is 3.00 bits per heavy atom. The maximum atomic E-state index is 11.6. The molecule has 94 valence electrons. The van der Waals surface area contributed by atoms with Crippen molar-refractivity contribution in [1.29, 1.82) is 0 Å². The second-order valence-electron chi connectivity index (χ2n) is 3.51. The first kappa shape index (κ1) is 12.5. The average molecular weight is 263 g/mol. The van der Waals surface area contributed by atoms with E-state index in [0.717, 1.165) is 9.92 Å². The molecule has 0 aliphatic heterocycles. The molecule has 5 nitrogen and oxygen atoms in total. The molecule has 0 atom stereocenters. The van der Waals surface area contributed by atoms with Crippen LogP contribution >= 0.6 is 11.8 Å². The molecule has 18 heavy (non-hydrogen) atoms. The first-order chi connectivity index (χ1) is 8.69. The van der Waals surface area contributed by atoms with E-state index in [1.807, 2.05) is 12.1 Å². The van der Waals surface area contributed by atoms with Crippen LogP contribution in [-0.2, 0) is 4.74 Å².